The Morgan fingerprint density at radius 2 is 1.66 bits per heavy atom. The number of amides is 1. The monoisotopic (exact) mass is 454 g/mol. The molecule has 0 bridgehead atoms. The van der Waals surface area contributed by atoms with Crippen LogP contribution in [0, 0.1) is 0 Å². The Balaban J connectivity index is 1.84. The summed E-state index contributed by atoms with van der Waals surface area (Å²) in [4.78, 5) is 19.9. The third-order valence-corrected chi connectivity index (χ3v) is 5.96. The molecule has 0 spiro atoms. The summed E-state index contributed by atoms with van der Waals surface area (Å²) in [5, 5.41) is 0.478. The fourth-order valence-electron chi connectivity index (χ4n) is 3.26. The van der Waals surface area contributed by atoms with Gasteiger partial charge in [0, 0.05) is 11.6 Å². The van der Waals surface area contributed by atoms with Crippen molar-refractivity contribution in [2.45, 2.75) is 6.54 Å². The molecule has 2 heterocycles. The van der Waals surface area contributed by atoms with E-state index in [2.05, 4.69) is 0 Å². The van der Waals surface area contributed by atoms with Gasteiger partial charge in [-0.3, -0.25) is 9.69 Å². The van der Waals surface area contributed by atoms with Crippen LogP contribution in [0.15, 0.2) is 53.1 Å². The van der Waals surface area contributed by atoms with E-state index in [1.807, 2.05) is 6.07 Å². The van der Waals surface area contributed by atoms with Gasteiger partial charge in [-0.05, 0) is 36.4 Å². The van der Waals surface area contributed by atoms with Gasteiger partial charge in [0.1, 0.15) is 39.0 Å². The molecule has 0 saturated heterocycles. The summed E-state index contributed by atoms with van der Waals surface area (Å²) in [7, 11) is 6.25. The smallest absolute Gasteiger partial charge is 0.260 e. The Bertz CT molecular complexity index is 1170. The van der Waals surface area contributed by atoms with E-state index in [1.54, 1.807) is 61.8 Å². The highest BCUT2D eigenvalue weighted by molar-refractivity contribution is 7.22. The van der Waals surface area contributed by atoms with Crippen LogP contribution in [-0.4, -0.2) is 39.3 Å². The summed E-state index contributed by atoms with van der Waals surface area (Å²) >= 11 is 1.34. The van der Waals surface area contributed by atoms with Crippen LogP contribution in [0.2, 0.25) is 0 Å². The lowest BCUT2D eigenvalue weighted by molar-refractivity contribution is 0.0982. The molecule has 4 aromatic rings. The Morgan fingerprint density at radius 1 is 0.969 bits per heavy atom. The zero-order valence-electron chi connectivity index (χ0n) is 18.1. The standard InChI is InChI=1S/C23H22N2O6S/c1-27-16-10-14(11-17(12-16)28-2)22(26)25(13-15-6-5-9-31-15)23-24-20-18(29-3)7-8-19(30-4)21(20)32-23/h5-12H,13H2,1-4H3. The molecular weight excluding hydrogens is 432 g/mol. The number of benzene rings is 2. The van der Waals surface area contributed by atoms with Gasteiger partial charge in [-0.1, -0.05) is 11.3 Å². The molecule has 0 aliphatic rings. The molecule has 0 N–H and O–H groups in total. The number of aromatic nitrogens is 1. The lowest BCUT2D eigenvalue weighted by Gasteiger charge is -2.19. The van der Waals surface area contributed by atoms with E-state index in [1.165, 1.54) is 25.6 Å². The highest BCUT2D eigenvalue weighted by atomic mass is 32.1. The van der Waals surface area contributed by atoms with Gasteiger partial charge in [-0.25, -0.2) is 4.98 Å². The van der Waals surface area contributed by atoms with Crippen LogP contribution in [0.4, 0.5) is 5.13 Å². The number of nitrogens with zero attached hydrogens (tertiary/aromatic N) is 2. The van der Waals surface area contributed by atoms with Crippen molar-refractivity contribution in [1.29, 1.82) is 0 Å². The second-order valence-electron chi connectivity index (χ2n) is 6.72. The van der Waals surface area contributed by atoms with Crippen molar-refractivity contribution in [2.24, 2.45) is 0 Å². The summed E-state index contributed by atoms with van der Waals surface area (Å²) in [5.74, 6) is 2.60. The molecule has 0 radical (unpaired) electrons. The minimum absolute atomic E-state index is 0.190. The van der Waals surface area contributed by atoms with Crippen LogP contribution in [0.25, 0.3) is 10.2 Å². The molecule has 166 valence electrons. The average Bonchev–Trinajstić information content (AvgIpc) is 3.51. The Kier molecular flexibility index (Phi) is 6.18. The van der Waals surface area contributed by atoms with E-state index in [0.29, 0.717) is 45.0 Å². The van der Waals surface area contributed by atoms with Crippen molar-refractivity contribution in [2.75, 3.05) is 33.3 Å². The number of thiazole rings is 1. The van der Waals surface area contributed by atoms with Gasteiger partial charge in [-0.2, -0.15) is 0 Å². The van der Waals surface area contributed by atoms with Crippen LogP contribution in [-0.2, 0) is 6.54 Å². The molecule has 9 heteroatoms. The molecule has 1 amide bonds. The van der Waals surface area contributed by atoms with Gasteiger partial charge >= 0.3 is 0 Å². The summed E-state index contributed by atoms with van der Waals surface area (Å²) < 4.78 is 27.9. The number of ether oxygens (including phenoxy) is 4. The highest BCUT2D eigenvalue weighted by Crippen LogP contribution is 2.41. The number of carbonyl (C=O) groups excluding carboxylic acids is 1. The first-order valence-corrected chi connectivity index (χ1v) is 10.5. The molecule has 0 saturated carbocycles. The van der Waals surface area contributed by atoms with E-state index in [9.17, 15) is 4.79 Å². The number of methoxy groups -OCH3 is 4. The number of carbonyl (C=O) groups is 1. The van der Waals surface area contributed by atoms with Crippen molar-refractivity contribution >= 4 is 32.6 Å². The quantitative estimate of drug-likeness (QED) is 0.379. The summed E-state index contributed by atoms with van der Waals surface area (Å²) in [6.07, 6.45) is 1.57. The Labute approximate surface area is 188 Å². The second kappa shape index (κ2) is 9.19. The van der Waals surface area contributed by atoms with E-state index in [0.717, 1.165) is 4.70 Å². The van der Waals surface area contributed by atoms with Gasteiger partial charge in [-0.15, -0.1) is 0 Å². The fraction of sp³-hybridized carbons (Fsp3) is 0.217. The predicted molar refractivity (Wildman–Crippen MR) is 121 cm³/mol. The molecule has 0 fully saturated rings. The summed E-state index contributed by atoms with van der Waals surface area (Å²) in [5.41, 5.74) is 1.01. The summed E-state index contributed by atoms with van der Waals surface area (Å²) in [6, 6.07) is 12.2. The normalized spacial score (nSPS) is 10.8. The average molecular weight is 455 g/mol. The lowest BCUT2D eigenvalue weighted by Crippen LogP contribution is -2.30. The van der Waals surface area contributed by atoms with Crippen LogP contribution < -0.4 is 23.8 Å². The van der Waals surface area contributed by atoms with Crippen molar-refractivity contribution in [3.8, 4) is 23.0 Å². The van der Waals surface area contributed by atoms with Gasteiger partial charge in [0.15, 0.2) is 5.13 Å². The third kappa shape index (κ3) is 4.06. The molecule has 0 aliphatic carbocycles. The predicted octanol–water partition coefficient (Wildman–Crippen LogP) is 4.77. The minimum Gasteiger partial charge on any atom is -0.497 e. The first-order chi connectivity index (χ1) is 15.6. The van der Waals surface area contributed by atoms with E-state index < -0.39 is 0 Å². The number of rotatable bonds is 8. The van der Waals surface area contributed by atoms with Crippen molar-refractivity contribution in [3.05, 3.63) is 60.1 Å². The first-order valence-electron chi connectivity index (χ1n) is 9.66. The maximum atomic E-state index is 13.7. The molecule has 2 aromatic heterocycles. The van der Waals surface area contributed by atoms with Crippen LogP contribution in [0.3, 0.4) is 0 Å². The zero-order valence-corrected chi connectivity index (χ0v) is 18.9. The maximum absolute atomic E-state index is 13.7. The SMILES string of the molecule is COc1cc(OC)cc(C(=O)N(Cc2ccco2)c2nc3c(OC)ccc(OC)c3s2)c1. The molecule has 8 nitrogen and oxygen atoms in total. The fourth-order valence-corrected chi connectivity index (χ4v) is 4.33. The lowest BCUT2D eigenvalue weighted by atomic mass is 10.1. The minimum atomic E-state index is -0.282. The van der Waals surface area contributed by atoms with E-state index >= 15 is 0 Å². The van der Waals surface area contributed by atoms with E-state index in [-0.39, 0.29) is 12.5 Å². The zero-order chi connectivity index (χ0) is 22.7. The highest BCUT2D eigenvalue weighted by Gasteiger charge is 2.25. The number of furan rings is 1. The van der Waals surface area contributed by atoms with Crippen molar-refractivity contribution in [3.63, 3.8) is 0 Å². The molecular formula is C23H22N2O6S. The molecule has 2 aromatic carbocycles. The topological polar surface area (TPSA) is 83.3 Å². The second-order valence-corrected chi connectivity index (χ2v) is 7.69. The number of fused-ring (bicyclic) bond motifs is 1. The van der Waals surface area contributed by atoms with Crippen molar-refractivity contribution < 1.29 is 28.2 Å². The largest absolute Gasteiger partial charge is 0.497 e. The first kappa shape index (κ1) is 21.5. The molecule has 0 aliphatic heterocycles. The molecule has 0 atom stereocenters. The van der Waals surface area contributed by atoms with Crippen molar-refractivity contribution in [1.82, 2.24) is 4.98 Å². The Hall–Kier alpha value is -3.72. The van der Waals surface area contributed by atoms with Crippen LogP contribution >= 0.6 is 11.3 Å². The molecule has 4 rings (SSSR count). The summed E-state index contributed by atoms with van der Waals surface area (Å²) in [6.45, 7) is 0.190. The third-order valence-electron chi connectivity index (χ3n) is 4.87. The van der Waals surface area contributed by atoms with Gasteiger partial charge in [0.25, 0.3) is 5.91 Å². The maximum Gasteiger partial charge on any atom is 0.260 e. The molecule has 32 heavy (non-hydrogen) atoms. The number of anilines is 1. The van der Waals surface area contributed by atoms with Gasteiger partial charge in [0.2, 0.25) is 0 Å². The van der Waals surface area contributed by atoms with Gasteiger partial charge < -0.3 is 23.4 Å². The van der Waals surface area contributed by atoms with Crippen LogP contribution in [0.5, 0.6) is 23.0 Å². The number of hydrogen-bond acceptors (Lipinski definition) is 8. The number of hydrogen-bond donors (Lipinski definition) is 0. The van der Waals surface area contributed by atoms with Gasteiger partial charge in [0.05, 0.1) is 41.2 Å². The van der Waals surface area contributed by atoms with E-state index in [4.69, 9.17) is 28.3 Å². The Morgan fingerprint density at radius 3 is 2.25 bits per heavy atom. The molecule has 0 unspecified atom stereocenters. The van der Waals surface area contributed by atoms with Crippen LogP contribution in [0.1, 0.15) is 16.1 Å².